The second-order valence-electron chi connectivity index (χ2n) is 6.90. The average Bonchev–Trinajstić information content (AvgIpc) is 2.77. The fourth-order valence-electron chi connectivity index (χ4n) is 3.41. The molecule has 0 spiro atoms. The van der Waals surface area contributed by atoms with Gasteiger partial charge in [0.1, 0.15) is 5.75 Å². The molecule has 3 heteroatoms. The Balaban J connectivity index is 2.02. The Bertz CT molecular complexity index is 1090. The Labute approximate surface area is 178 Å². The summed E-state index contributed by atoms with van der Waals surface area (Å²) < 4.78 is 10.4. The van der Waals surface area contributed by atoms with Crippen LogP contribution in [0, 0.1) is 6.92 Å². The first-order valence-electron chi connectivity index (χ1n) is 9.92. The molecule has 3 rings (SSSR count). The lowest BCUT2D eigenvalue weighted by Gasteiger charge is -2.13. The Morgan fingerprint density at radius 1 is 1.00 bits per heavy atom. The molecule has 0 aliphatic rings. The molecule has 0 N–H and O–H groups in total. The van der Waals surface area contributed by atoms with Gasteiger partial charge >= 0.3 is 5.97 Å². The van der Waals surface area contributed by atoms with Gasteiger partial charge in [-0.3, -0.25) is 0 Å². The van der Waals surface area contributed by atoms with E-state index in [-0.39, 0.29) is 5.97 Å². The summed E-state index contributed by atoms with van der Waals surface area (Å²) in [6.45, 7) is 8.10. The van der Waals surface area contributed by atoms with E-state index in [0.717, 1.165) is 33.6 Å². The summed E-state index contributed by atoms with van der Waals surface area (Å²) in [4.78, 5) is 11.8. The van der Waals surface area contributed by atoms with Crippen LogP contribution in [0.2, 0.25) is 0 Å². The molecule has 0 bridgehead atoms. The molecule has 3 aromatic rings. The van der Waals surface area contributed by atoms with Crippen molar-refractivity contribution in [3.63, 3.8) is 0 Å². The Kier molecular flexibility index (Phi) is 6.87. The highest BCUT2D eigenvalue weighted by atomic mass is 16.5. The molecule has 0 saturated carbocycles. The van der Waals surface area contributed by atoms with Crippen molar-refractivity contribution in [1.29, 1.82) is 0 Å². The van der Waals surface area contributed by atoms with Crippen LogP contribution in [0.1, 0.15) is 23.6 Å². The number of benzene rings is 3. The minimum atomic E-state index is -0.361. The first kappa shape index (κ1) is 21.1. The zero-order valence-electron chi connectivity index (χ0n) is 17.6. The van der Waals surface area contributed by atoms with Crippen LogP contribution in [0.4, 0.5) is 0 Å². The number of esters is 1. The molecule has 3 nitrogen and oxygen atoms in total. The van der Waals surface area contributed by atoms with Crippen LogP contribution in [0.3, 0.4) is 0 Å². The highest BCUT2D eigenvalue weighted by Crippen LogP contribution is 2.33. The molecule has 0 radical (unpaired) electrons. The minimum absolute atomic E-state index is 0.349. The molecular weight excluding hydrogens is 372 g/mol. The summed E-state index contributed by atoms with van der Waals surface area (Å²) in [5.41, 5.74) is 7.59. The van der Waals surface area contributed by atoms with Crippen LogP contribution in [-0.4, -0.2) is 19.7 Å². The van der Waals surface area contributed by atoms with Crippen LogP contribution in [0.25, 0.3) is 34.4 Å². The SMILES string of the molecule is C=Cc1cccc(-c2ccc(-c3ccc(OC)cc3/C=C/C(=O)OCC)cc2C)c1. The smallest absolute Gasteiger partial charge is 0.330 e. The van der Waals surface area contributed by atoms with E-state index in [2.05, 4.69) is 43.8 Å². The van der Waals surface area contributed by atoms with E-state index in [1.807, 2.05) is 36.4 Å². The maximum atomic E-state index is 11.8. The molecule has 0 atom stereocenters. The summed E-state index contributed by atoms with van der Waals surface area (Å²) in [6.07, 6.45) is 5.07. The van der Waals surface area contributed by atoms with Crippen molar-refractivity contribution >= 4 is 18.1 Å². The van der Waals surface area contributed by atoms with E-state index in [0.29, 0.717) is 6.61 Å². The second-order valence-corrected chi connectivity index (χ2v) is 6.90. The molecule has 0 fully saturated rings. The van der Waals surface area contributed by atoms with Crippen LogP contribution < -0.4 is 4.74 Å². The van der Waals surface area contributed by atoms with Crippen LogP contribution in [0.15, 0.2) is 73.3 Å². The minimum Gasteiger partial charge on any atom is -0.497 e. The number of hydrogen-bond donors (Lipinski definition) is 0. The van der Waals surface area contributed by atoms with Gasteiger partial charge < -0.3 is 9.47 Å². The van der Waals surface area contributed by atoms with Gasteiger partial charge in [0, 0.05) is 6.08 Å². The first-order valence-corrected chi connectivity index (χ1v) is 9.92. The first-order chi connectivity index (χ1) is 14.5. The predicted octanol–water partition coefficient (Wildman–Crippen LogP) is 6.56. The number of carbonyl (C=O) groups excluding carboxylic acids is 1. The van der Waals surface area contributed by atoms with Crippen LogP contribution >= 0.6 is 0 Å². The molecule has 30 heavy (non-hydrogen) atoms. The van der Waals surface area contributed by atoms with E-state index >= 15 is 0 Å². The monoisotopic (exact) mass is 398 g/mol. The van der Waals surface area contributed by atoms with E-state index in [9.17, 15) is 4.79 Å². The third kappa shape index (κ3) is 4.87. The number of hydrogen-bond acceptors (Lipinski definition) is 3. The van der Waals surface area contributed by atoms with Crippen molar-refractivity contribution < 1.29 is 14.3 Å². The highest BCUT2D eigenvalue weighted by Gasteiger charge is 2.09. The third-order valence-electron chi connectivity index (χ3n) is 4.92. The van der Waals surface area contributed by atoms with Gasteiger partial charge in [0.2, 0.25) is 0 Å². The van der Waals surface area contributed by atoms with Crippen molar-refractivity contribution in [2.75, 3.05) is 13.7 Å². The summed E-state index contributed by atoms with van der Waals surface area (Å²) in [5, 5.41) is 0. The number of methoxy groups -OCH3 is 1. The summed E-state index contributed by atoms with van der Waals surface area (Å²) in [7, 11) is 1.63. The standard InChI is InChI=1S/C27H26O3/c1-5-20-8-7-9-21(17-20)25-13-10-22(16-19(25)3)26-14-12-24(29-4)18-23(26)11-15-27(28)30-6-2/h5,7-18H,1,6H2,2-4H3/b15-11+. The normalized spacial score (nSPS) is 10.8. The summed E-state index contributed by atoms with van der Waals surface area (Å²) in [6, 6.07) is 20.6. The fraction of sp³-hybridized carbons (Fsp3) is 0.148. The Morgan fingerprint density at radius 2 is 1.77 bits per heavy atom. The topological polar surface area (TPSA) is 35.5 Å². The van der Waals surface area contributed by atoms with Crippen molar-refractivity contribution in [2.45, 2.75) is 13.8 Å². The van der Waals surface area contributed by atoms with Gasteiger partial charge in [0.15, 0.2) is 0 Å². The lowest BCUT2D eigenvalue weighted by atomic mass is 9.93. The summed E-state index contributed by atoms with van der Waals surface area (Å²) in [5.74, 6) is 0.372. The van der Waals surface area contributed by atoms with Crippen molar-refractivity contribution in [3.05, 3.63) is 90.0 Å². The van der Waals surface area contributed by atoms with Crippen LogP contribution in [-0.2, 0) is 9.53 Å². The van der Waals surface area contributed by atoms with Crippen molar-refractivity contribution in [1.82, 2.24) is 0 Å². The van der Waals surface area contributed by atoms with Gasteiger partial charge in [-0.05, 0) is 77.1 Å². The van der Waals surface area contributed by atoms with Crippen LogP contribution in [0.5, 0.6) is 5.75 Å². The molecule has 0 heterocycles. The Hall–Kier alpha value is -3.59. The zero-order chi connectivity index (χ0) is 21.5. The number of aryl methyl sites for hydroxylation is 1. The lowest BCUT2D eigenvalue weighted by molar-refractivity contribution is -0.137. The molecule has 152 valence electrons. The van der Waals surface area contributed by atoms with Gasteiger partial charge in [0.25, 0.3) is 0 Å². The maximum absolute atomic E-state index is 11.8. The quantitative estimate of drug-likeness (QED) is 0.334. The van der Waals surface area contributed by atoms with E-state index in [1.54, 1.807) is 20.1 Å². The summed E-state index contributed by atoms with van der Waals surface area (Å²) >= 11 is 0. The average molecular weight is 399 g/mol. The van der Waals surface area contributed by atoms with Crippen molar-refractivity contribution in [2.24, 2.45) is 0 Å². The van der Waals surface area contributed by atoms with E-state index in [1.165, 1.54) is 17.2 Å². The molecule has 0 aliphatic carbocycles. The van der Waals surface area contributed by atoms with E-state index in [4.69, 9.17) is 9.47 Å². The van der Waals surface area contributed by atoms with Gasteiger partial charge in [-0.25, -0.2) is 4.79 Å². The molecule has 0 aromatic heterocycles. The fourth-order valence-corrected chi connectivity index (χ4v) is 3.41. The molecule has 0 saturated heterocycles. The molecular formula is C27H26O3. The number of carbonyl (C=O) groups is 1. The second kappa shape index (κ2) is 9.75. The maximum Gasteiger partial charge on any atom is 0.330 e. The largest absolute Gasteiger partial charge is 0.497 e. The van der Waals surface area contributed by atoms with Gasteiger partial charge in [0.05, 0.1) is 13.7 Å². The molecule has 3 aromatic carbocycles. The molecule has 0 amide bonds. The Morgan fingerprint density at radius 3 is 2.47 bits per heavy atom. The highest BCUT2D eigenvalue weighted by molar-refractivity contribution is 5.89. The molecule has 0 aliphatic heterocycles. The number of rotatable bonds is 7. The number of ether oxygens (including phenoxy) is 2. The van der Waals surface area contributed by atoms with Crippen molar-refractivity contribution in [3.8, 4) is 28.0 Å². The van der Waals surface area contributed by atoms with E-state index < -0.39 is 0 Å². The molecule has 0 unspecified atom stereocenters. The van der Waals surface area contributed by atoms with Gasteiger partial charge in [-0.15, -0.1) is 0 Å². The van der Waals surface area contributed by atoms with Gasteiger partial charge in [-0.1, -0.05) is 55.1 Å². The lowest BCUT2D eigenvalue weighted by Crippen LogP contribution is -1.99. The third-order valence-corrected chi connectivity index (χ3v) is 4.92. The predicted molar refractivity (Wildman–Crippen MR) is 124 cm³/mol. The van der Waals surface area contributed by atoms with Gasteiger partial charge in [-0.2, -0.15) is 0 Å². The zero-order valence-corrected chi connectivity index (χ0v) is 17.6.